The largest absolute Gasteiger partial charge is 0.494 e. The fourth-order valence-electron chi connectivity index (χ4n) is 6.41. The van der Waals surface area contributed by atoms with E-state index >= 15 is 0 Å². The number of morpholine rings is 1. The topological polar surface area (TPSA) is 127 Å². The number of nitrogens with one attached hydrogen (secondary N) is 2. The molecule has 1 aromatic carbocycles. The summed E-state index contributed by atoms with van der Waals surface area (Å²) in [4.78, 5) is 58.2. The predicted octanol–water partition coefficient (Wildman–Crippen LogP) is 1.86. The van der Waals surface area contributed by atoms with Crippen LogP contribution in [0, 0.1) is 5.92 Å². The molecule has 44 heavy (non-hydrogen) atoms. The molecule has 3 atom stereocenters. The van der Waals surface area contributed by atoms with E-state index in [0.717, 1.165) is 37.9 Å². The van der Waals surface area contributed by atoms with Gasteiger partial charge in [-0.3, -0.25) is 24.1 Å². The standard InChI is InChI=1S/C33H48N4O7/c1-42-33(11-12-33)23-34-32(41)27-8-2-3-17-44-26-7-4-6-24(20-26)21-28(37-13-5-9-30(37)39)29(38)22-25(31(40)35-27)10-14-36-15-18-43-19-16-36/h4,6-7,20,25,27-28H,2-3,5,8-19,21-23H2,1H3,(H,34,41)(H,35,40)/t25-,27+,28+/m1/s1. The molecule has 0 unspecified atom stereocenters. The SMILES string of the molecule is COC1(CNC(=O)[C@@H]2CCCCOc3cccc(c3)C[C@H](N3CCCC3=O)C(=O)C[C@@H](CCN3CCOCC3)C(=O)N2)CC1. The van der Waals surface area contributed by atoms with E-state index in [1.54, 1.807) is 12.0 Å². The number of carbonyl (C=O) groups excluding carboxylic acids is 4. The molecule has 3 heterocycles. The van der Waals surface area contributed by atoms with Gasteiger partial charge in [0.2, 0.25) is 17.7 Å². The normalized spacial score (nSPS) is 27.0. The molecule has 11 heteroatoms. The number of likely N-dealkylation sites (tertiary alicyclic amines) is 1. The van der Waals surface area contributed by atoms with Crippen LogP contribution in [0.25, 0.3) is 0 Å². The first-order valence-corrected chi connectivity index (χ1v) is 16.3. The van der Waals surface area contributed by atoms with E-state index in [1.165, 1.54) is 0 Å². The number of methoxy groups -OCH3 is 1. The van der Waals surface area contributed by atoms with Crippen molar-refractivity contribution in [3.8, 4) is 5.75 Å². The molecular formula is C33H48N4O7. The number of Topliss-reactive ketones (excluding diaryl/α,β-unsaturated/α-hetero) is 1. The second-order valence-electron chi connectivity index (χ2n) is 12.7. The first-order chi connectivity index (χ1) is 21.4. The summed E-state index contributed by atoms with van der Waals surface area (Å²) in [5.74, 6) is -0.601. The fourth-order valence-corrected chi connectivity index (χ4v) is 6.41. The van der Waals surface area contributed by atoms with Crippen molar-refractivity contribution in [2.45, 2.75) is 81.9 Å². The zero-order valence-electron chi connectivity index (χ0n) is 26.0. The van der Waals surface area contributed by atoms with Gasteiger partial charge in [-0.25, -0.2) is 0 Å². The zero-order chi connectivity index (χ0) is 30.9. The number of hydrogen-bond acceptors (Lipinski definition) is 8. The Morgan fingerprint density at radius 3 is 2.61 bits per heavy atom. The lowest BCUT2D eigenvalue weighted by molar-refractivity contribution is -0.138. The number of rotatable bonds is 8. The van der Waals surface area contributed by atoms with Crippen molar-refractivity contribution in [1.82, 2.24) is 20.4 Å². The Morgan fingerprint density at radius 2 is 1.89 bits per heavy atom. The van der Waals surface area contributed by atoms with Gasteiger partial charge in [-0.05, 0) is 69.2 Å². The number of carbonyl (C=O) groups is 4. The number of fused-ring (bicyclic) bond motifs is 2. The quantitative estimate of drug-likeness (QED) is 0.456. The Balaban J connectivity index is 1.37. The molecule has 1 aliphatic carbocycles. The highest BCUT2D eigenvalue weighted by molar-refractivity contribution is 5.94. The molecule has 0 radical (unpaired) electrons. The molecule has 3 aliphatic heterocycles. The zero-order valence-corrected chi connectivity index (χ0v) is 26.0. The van der Waals surface area contributed by atoms with E-state index in [1.807, 2.05) is 24.3 Å². The van der Waals surface area contributed by atoms with Crippen molar-refractivity contribution in [3.63, 3.8) is 0 Å². The second-order valence-corrected chi connectivity index (χ2v) is 12.7. The van der Waals surface area contributed by atoms with Gasteiger partial charge in [0.1, 0.15) is 11.8 Å². The number of nitrogens with zero attached hydrogens (tertiary/aromatic N) is 2. The minimum Gasteiger partial charge on any atom is -0.494 e. The number of ether oxygens (including phenoxy) is 3. The van der Waals surface area contributed by atoms with Crippen molar-refractivity contribution in [2.24, 2.45) is 5.92 Å². The number of amides is 3. The summed E-state index contributed by atoms with van der Waals surface area (Å²) in [5.41, 5.74) is 0.610. The van der Waals surface area contributed by atoms with E-state index in [9.17, 15) is 19.2 Å². The predicted molar refractivity (Wildman–Crippen MR) is 163 cm³/mol. The van der Waals surface area contributed by atoms with Gasteiger partial charge in [0.25, 0.3) is 0 Å². The van der Waals surface area contributed by atoms with Crippen molar-refractivity contribution in [1.29, 1.82) is 0 Å². The summed E-state index contributed by atoms with van der Waals surface area (Å²) in [6.45, 7) is 4.88. The van der Waals surface area contributed by atoms with Gasteiger partial charge in [-0.1, -0.05) is 12.1 Å². The summed E-state index contributed by atoms with van der Waals surface area (Å²) in [6, 6.07) is 6.31. The Hall–Kier alpha value is -3.02. The maximum Gasteiger partial charge on any atom is 0.242 e. The van der Waals surface area contributed by atoms with Crippen molar-refractivity contribution in [2.75, 3.05) is 59.7 Å². The molecule has 2 N–H and O–H groups in total. The van der Waals surface area contributed by atoms with Gasteiger partial charge in [-0.2, -0.15) is 0 Å². The summed E-state index contributed by atoms with van der Waals surface area (Å²) in [6.07, 6.45) is 5.63. The average Bonchev–Trinajstić information content (AvgIpc) is 3.71. The molecule has 3 fully saturated rings. The van der Waals surface area contributed by atoms with Crippen LogP contribution in [0.1, 0.15) is 63.4 Å². The van der Waals surface area contributed by atoms with Crippen LogP contribution in [0.15, 0.2) is 24.3 Å². The third-order valence-corrected chi connectivity index (χ3v) is 9.52. The molecule has 3 amide bonds. The van der Waals surface area contributed by atoms with Crippen molar-refractivity contribution in [3.05, 3.63) is 29.8 Å². The van der Waals surface area contributed by atoms with E-state index in [-0.39, 0.29) is 35.5 Å². The minimum atomic E-state index is -0.733. The number of hydrogen-bond donors (Lipinski definition) is 2. The van der Waals surface area contributed by atoms with Crippen molar-refractivity contribution >= 4 is 23.5 Å². The first-order valence-electron chi connectivity index (χ1n) is 16.3. The van der Waals surface area contributed by atoms with Crippen LogP contribution in [-0.4, -0.2) is 111 Å². The molecule has 1 saturated carbocycles. The lowest BCUT2D eigenvalue weighted by Gasteiger charge is -2.31. The lowest BCUT2D eigenvalue weighted by atomic mass is 9.90. The van der Waals surface area contributed by atoms with Crippen LogP contribution >= 0.6 is 0 Å². The Morgan fingerprint density at radius 1 is 1.07 bits per heavy atom. The van der Waals surface area contributed by atoms with Gasteiger partial charge >= 0.3 is 0 Å². The van der Waals surface area contributed by atoms with E-state index in [0.29, 0.717) is 83.7 Å². The molecule has 2 bridgehead atoms. The molecule has 11 nitrogen and oxygen atoms in total. The Labute approximate surface area is 260 Å². The van der Waals surface area contributed by atoms with Crippen LogP contribution in [-0.2, 0) is 35.1 Å². The molecule has 0 aromatic heterocycles. The van der Waals surface area contributed by atoms with Crippen LogP contribution in [0.5, 0.6) is 5.75 Å². The molecule has 2 saturated heterocycles. The third-order valence-electron chi connectivity index (χ3n) is 9.52. The van der Waals surface area contributed by atoms with Crippen LogP contribution < -0.4 is 15.4 Å². The highest BCUT2D eigenvalue weighted by Crippen LogP contribution is 2.38. The van der Waals surface area contributed by atoms with Crippen LogP contribution in [0.2, 0.25) is 0 Å². The lowest BCUT2D eigenvalue weighted by Crippen LogP contribution is -2.51. The first kappa shape index (κ1) is 32.4. The smallest absolute Gasteiger partial charge is 0.242 e. The van der Waals surface area contributed by atoms with Gasteiger partial charge in [0.15, 0.2) is 5.78 Å². The van der Waals surface area contributed by atoms with Crippen molar-refractivity contribution < 1.29 is 33.4 Å². The average molecular weight is 613 g/mol. The molecule has 4 aliphatic rings. The fraction of sp³-hybridized carbons (Fsp3) is 0.697. The minimum absolute atomic E-state index is 0.00192. The second kappa shape index (κ2) is 15.3. The maximum atomic E-state index is 14.1. The Bertz CT molecular complexity index is 1170. The summed E-state index contributed by atoms with van der Waals surface area (Å²) < 4.78 is 17.1. The van der Waals surface area contributed by atoms with Gasteiger partial charge in [0, 0.05) is 58.5 Å². The third kappa shape index (κ3) is 8.79. The maximum absolute atomic E-state index is 14.1. The molecule has 242 valence electrons. The highest BCUT2D eigenvalue weighted by Gasteiger charge is 2.43. The van der Waals surface area contributed by atoms with Gasteiger partial charge in [0.05, 0.1) is 31.5 Å². The number of benzene rings is 1. The summed E-state index contributed by atoms with van der Waals surface area (Å²) in [5, 5.41) is 6.02. The summed E-state index contributed by atoms with van der Waals surface area (Å²) >= 11 is 0. The Kier molecular flexibility index (Phi) is 11.3. The molecule has 1 aromatic rings. The van der Waals surface area contributed by atoms with E-state index in [2.05, 4.69) is 15.5 Å². The van der Waals surface area contributed by atoms with Gasteiger partial charge in [-0.15, -0.1) is 0 Å². The molecule has 5 rings (SSSR count). The van der Waals surface area contributed by atoms with Crippen LogP contribution in [0.3, 0.4) is 0 Å². The van der Waals surface area contributed by atoms with Crippen LogP contribution in [0.4, 0.5) is 0 Å². The highest BCUT2D eigenvalue weighted by atomic mass is 16.5. The summed E-state index contributed by atoms with van der Waals surface area (Å²) in [7, 11) is 1.65. The van der Waals surface area contributed by atoms with E-state index in [4.69, 9.17) is 14.2 Å². The monoisotopic (exact) mass is 612 g/mol. The van der Waals surface area contributed by atoms with Gasteiger partial charge < -0.3 is 29.7 Å². The molecule has 0 spiro atoms. The van der Waals surface area contributed by atoms with E-state index < -0.39 is 18.0 Å². The molecular weight excluding hydrogens is 564 g/mol. The number of ketones is 1.